The Morgan fingerprint density at radius 1 is 1.60 bits per heavy atom. The van der Waals surface area contributed by atoms with Crippen LogP contribution in [0.1, 0.15) is 10.5 Å². The minimum Gasteiger partial charge on any atom is -0.480 e. The largest absolute Gasteiger partial charge is 0.480 e. The molecule has 0 spiro atoms. The van der Waals surface area contributed by atoms with E-state index >= 15 is 0 Å². The second kappa shape index (κ2) is 4.88. The highest BCUT2D eigenvalue weighted by Crippen LogP contribution is 2.14. The summed E-state index contributed by atoms with van der Waals surface area (Å²) in [6.07, 6.45) is 1.48. The Bertz CT molecular complexity index is 395. The van der Waals surface area contributed by atoms with Gasteiger partial charge in [-0.3, -0.25) is 9.59 Å². The van der Waals surface area contributed by atoms with Gasteiger partial charge in [-0.25, -0.2) is 4.98 Å². The molecule has 0 unspecified atom stereocenters. The average Bonchev–Trinajstić information content (AvgIpc) is 2.16. The molecule has 0 radical (unpaired) electrons. The van der Waals surface area contributed by atoms with Crippen molar-refractivity contribution in [1.82, 2.24) is 9.88 Å². The first-order valence-electron chi connectivity index (χ1n) is 4.10. The molecule has 0 aliphatic rings. The third-order valence-corrected chi connectivity index (χ3v) is 2.32. The van der Waals surface area contributed by atoms with Crippen molar-refractivity contribution in [3.05, 3.63) is 28.5 Å². The molecule has 0 bridgehead atoms. The topological polar surface area (TPSA) is 70.5 Å². The smallest absolute Gasteiger partial charge is 0.323 e. The van der Waals surface area contributed by atoms with Crippen LogP contribution in [0.15, 0.2) is 22.8 Å². The summed E-state index contributed by atoms with van der Waals surface area (Å²) in [5, 5.41) is 8.52. The SMILES string of the molecule is CN(CC(=O)O)C(=O)c1ncccc1Br. The number of hydrogen-bond acceptors (Lipinski definition) is 3. The molecule has 0 saturated carbocycles. The van der Waals surface area contributed by atoms with Gasteiger partial charge in [0, 0.05) is 17.7 Å². The zero-order valence-electron chi connectivity index (χ0n) is 7.98. The standard InChI is InChI=1S/C9H9BrN2O3/c1-12(5-7(13)14)9(15)8-6(10)3-2-4-11-8/h2-4H,5H2,1H3,(H,13,14). The molecule has 0 saturated heterocycles. The maximum absolute atomic E-state index is 11.7. The van der Waals surface area contributed by atoms with Crippen LogP contribution in [0.3, 0.4) is 0 Å². The van der Waals surface area contributed by atoms with Crippen LogP contribution in [-0.2, 0) is 4.79 Å². The second-order valence-electron chi connectivity index (χ2n) is 2.89. The summed E-state index contributed by atoms with van der Waals surface area (Å²) in [5.41, 5.74) is 0.209. The van der Waals surface area contributed by atoms with Gasteiger partial charge >= 0.3 is 5.97 Å². The number of amides is 1. The summed E-state index contributed by atoms with van der Waals surface area (Å²) in [5.74, 6) is -1.48. The molecule has 0 atom stereocenters. The zero-order valence-corrected chi connectivity index (χ0v) is 9.56. The molecular weight excluding hydrogens is 264 g/mol. The molecular formula is C9H9BrN2O3. The summed E-state index contributed by atoms with van der Waals surface area (Å²) < 4.78 is 0.548. The van der Waals surface area contributed by atoms with E-state index in [9.17, 15) is 9.59 Å². The Balaban J connectivity index is 2.85. The number of carbonyl (C=O) groups excluding carboxylic acids is 1. The van der Waals surface area contributed by atoms with Gasteiger partial charge < -0.3 is 10.0 Å². The number of likely N-dealkylation sites (N-methyl/N-ethyl adjacent to an activating group) is 1. The van der Waals surface area contributed by atoms with Crippen LogP contribution in [0.25, 0.3) is 0 Å². The molecule has 1 amide bonds. The number of aromatic nitrogens is 1. The number of pyridine rings is 1. The van der Waals surface area contributed by atoms with Crippen molar-refractivity contribution < 1.29 is 14.7 Å². The Labute approximate surface area is 94.9 Å². The summed E-state index contributed by atoms with van der Waals surface area (Å²) >= 11 is 3.17. The maximum atomic E-state index is 11.7. The fourth-order valence-electron chi connectivity index (χ4n) is 0.999. The van der Waals surface area contributed by atoms with E-state index in [1.165, 1.54) is 13.2 Å². The number of halogens is 1. The van der Waals surface area contributed by atoms with Crippen LogP contribution >= 0.6 is 15.9 Å². The van der Waals surface area contributed by atoms with Crippen LogP contribution in [0.2, 0.25) is 0 Å². The summed E-state index contributed by atoms with van der Waals surface area (Å²) in [6, 6.07) is 3.35. The number of carboxylic acid groups (broad SMARTS) is 1. The number of carbonyl (C=O) groups is 2. The third kappa shape index (κ3) is 3.02. The zero-order chi connectivity index (χ0) is 11.4. The number of aliphatic carboxylic acids is 1. The van der Waals surface area contributed by atoms with Crippen LogP contribution in [0.5, 0.6) is 0 Å². The van der Waals surface area contributed by atoms with E-state index in [-0.39, 0.29) is 12.2 Å². The summed E-state index contributed by atoms with van der Waals surface area (Å²) in [6.45, 7) is -0.345. The van der Waals surface area contributed by atoms with Crippen molar-refractivity contribution in [2.45, 2.75) is 0 Å². The molecule has 0 fully saturated rings. The average molecular weight is 273 g/mol. The molecule has 0 aliphatic carbocycles. The van der Waals surface area contributed by atoms with Crippen molar-refractivity contribution in [3.8, 4) is 0 Å². The van der Waals surface area contributed by atoms with Gasteiger partial charge in [-0.1, -0.05) is 0 Å². The minimum absolute atomic E-state index is 0.209. The van der Waals surface area contributed by atoms with Gasteiger partial charge in [-0.2, -0.15) is 0 Å². The molecule has 5 nitrogen and oxygen atoms in total. The lowest BCUT2D eigenvalue weighted by Gasteiger charge is -2.14. The first-order chi connectivity index (χ1) is 7.02. The third-order valence-electron chi connectivity index (χ3n) is 1.68. The highest BCUT2D eigenvalue weighted by Gasteiger charge is 2.17. The van der Waals surface area contributed by atoms with Crippen LogP contribution in [0, 0.1) is 0 Å². The van der Waals surface area contributed by atoms with Crippen molar-refractivity contribution in [2.24, 2.45) is 0 Å². The molecule has 1 heterocycles. The van der Waals surface area contributed by atoms with Crippen molar-refractivity contribution in [2.75, 3.05) is 13.6 Å². The molecule has 6 heteroatoms. The van der Waals surface area contributed by atoms with E-state index in [4.69, 9.17) is 5.11 Å². The molecule has 15 heavy (non-hydrogen) atoms. The summed E-state index contributed by atoms with van der Waals surface area (Å²) in [4.78, 5) is 27.0. The monoisotopic (exact) mass is 272 g/mol. The van der Waals surface area contributed by atoms with Gasteiger partial charge in [-0.05, 0) is 28.1 Å². The van der Waals surface area contributed by atoms with E-state index in [1.54, 1.807) is 12.1 Å². The Hall–Kier alpha value is -1.43. The molecule has 1 aromatic rings. The second-order valence-corrected chi connectivity index (χ2v) is 3.74. The molecule has 1 N–H and O–H groups in total. The van der Waals surface area contributed by atoms with Gasteiger partial charge in [0.05, 0.1) is 0 Å². The van der Waals surface area contributed by atoms with Gasteiger partial charge in [0.25, 0.3) is 5.91 Å². The van der Waals surface area contributed by atoms with Gasteiger partial charge in [0.2, 0.25) is 0 Å². The number of hydrogen-bond donors (Lipinski definition) is 1. The van der Waals surface area contributed by atoms with E-state index < -0.39 is 11.9 Å². The first kappa shape index (κ1) is 11.6. The lowest BCUT2D eigenvalue weighted by atomic mass is 10.3. The predicted molar refractivity (Wildman–Crippen MR) is 56.5 cm³/mol. The molecule has 80 valence electrons. The number of rotatable bonds is 3. The fourth-order valence-corrected chi connectivity index (χ4v) is 1.42. The molecule has 0 aromatic carbocycles. The van der Waals surface area contributed by atoms with Crippen molar-refractivity contribution >= 4 is 27.8 Å². The molecule has 0 aliphatic heterocycles. The Kier molecular flexibility index (Phi) is 3.79. The lowest BCUT2D eigenvalue weighted by Crippen LogP contribution is -2.32. The Morgan fingerprint density at radius 2 is 2.27 bits per heavy atom. The predicted octanol–water partition coefficient (Wildman–Crippen LogP) is 1.00. The van der Waals surface area contributed by atoms with Crippen molar-refractivity contribution in [3.63, 3.8) is 0 Å². The Morgan fingerprint density at radius 3 is 2.80 bits per heavy atom. The van der Waals surface area contributed by atoms with E-state index in [0.29, 0.717) is 4.47 Å². The van der Waals surface area contributed by atoms with Crippen LogP contribution in [0.4, 0.5) is 0 Å². The summed E-state index contributed by atoms with van der Waals surface area (Å²) in [7, 11) is 1.41. The maximum Gasteiger partial charge on any atom is 0.323 e. The fraction of sp³-hybridized carbons (Fsp3) is 0.222. The van der Waals surface area contributed by atoms with E-state index in [1.807, 2.05) is 0 Å². The van der Waals surface area contributed by atoms with Gasteiger partial charge in [0.1, 0.15) is 12.2 Å². The highest BCUT2D eigenvalue weighted by atomic mass is 79.9. The lowest BCUT2D eigenvalue weighted by molar-refractivity contribution is -0.137. The normalized spacial score (nSPS) is 9.73. The highest BCUT2D eigenvalue weighted by molar-refractivity contribution is 9.10. The van der Waals surface area contributed by atoms with Gasteiger partial charge in [0.15, 0.2) is 0 Å². The quantitative estimate of drug-likeness (QED) is 0.891. The minimum atomic E-state index is -1.06. The molecule has 1 aromatic heterocycles. The number of nitrogens with zero attached hydrogens (tertiary/aromatic N) is 2. The van der Waals surface area contributed by atoms with E-state index in [0.717, 1.165) is 4.90 Å². The van der Waals surface area contributed by atoms with Gasteiger partial charge in [-0.15, -0.1) is 0 Å². The van der Waals surface area contributed by atoms with Crippen molar-refractivity contribution in [1.29, 1.82) is 0 Å². The molecule has 1 rings (SSSR count). The van der Waals surface area contributed by atoms with Crippen LogP contribution < -0.4 is 0 Å². The van der Waals surface area contributed by atoms with E-state index in [2.05, 4.69) is 20.9 Å². The first-order valence-corrected chi connectivity index (χ1v) is 4.89. The van der Waals surface area contributed by atoms with Crippen LogP contribution in [-0.4, -0.2) is 40.5 Å². The number of carboxylic acids is 1.